The van der Waals surface area contributed by atoms with E-state index in [0.29, 0.717) is 11.8 Å². The van der Waals surface area contributed by atoms with Gasteiger partial charge in [0.2, 0.25) is 0 Å². The smallest absolute Gasteiger partial charge is 0.348 e. The van der Waals surface area contributed by atoms with Crippen LogP contribution in [0.3, 0.4) is 0 Å². The average Bonchev–Trinajstić information content (AvgIpc) is 2.87. The molecule has 1 unspecified atom stereocenters. The van der Waals surface area contributed by atoms with E-state index in [9.17, 15) is 14.7 Å². The number of Topliss-reactive ketones (excluding diaryl/α,β-unsaturated/α-hetero) is 1. The number of hydrogen-bond acceptors (Lipinski definition) is 5. The molecule has 5 atom stereocenters. The fourth-order valence-electron chi connectivity index (χ4n) is 5.59. The maximum atomic E-state index is 13.1. The molecule has 0 bridgehead atoms. The number of carbonyl (C=O) groups is 2. The van der Waals surface area contributed by atoms with Crippen molar-refractivity contribution in [3.8, 4) is 0 Å². The maximum absolute atomic E-state index is 13.1. The number of cyclic esters (lactones) is 1. The van der Waals surface area contributed by atoms with Gasteiger partial charge in [0, 0.05) is 6.42 Å². The number of ether oxygens (including phenoxy) is 2. The predicted molar refractivity (Wildman–Crippen MR) is 96.9 cm³/mol. The number of carbonyl (C=O) groups excluding carboxylic acids is 2. The molecule has 144 valence electrons. The molecule has 2 aliphatic carbocycles. The second-order valence-corrected chi connectivity index (χ2v) is 8.71. The quantitative estimate of drug-likeness (QED) is 0.471. The lowest BCUT2D eigenvalue weighted by Crippen LogP contribution is -2.51. The molecule has 5 nitrogen and oxygen atoms in total. The van der Waals surface area contributed by atoms with Crippen LogP contribution in [0.15, 0.2) is 23.5 Å². The van der Waals surface area contributed by atoms with Crippen LogP contribution in [-0.4, -0.2) is 30.3 Å². The van der Waals surface area contributed by atoms with Gasteiger partial charge in [0.25, 0.3) is 6.29 Å². The molecule has 3 aliphatic rings. The van der Waals surface area contributed by atoms with E-state index in [-0.39, 0.29) is 34.4 Å². The van der Waals surface area contributed by atoms with Crippen LogP contribution < -0.4 is 0 Å². The zero-order valence-corrected chi connectivity index (χ0v) is 16.3. The van der Waals surface area contributed by atoms with Crippen LogP contribution in [0.2, 0.25) is 0 Å². The van der Waals surface area contributed by atoms with E-state index >= 15 is 0 Å². The zero-order valence-electron chi connectivity index (χ0n) is 16.3. The first-order chi connectivity index (χ1) is 12.1. The summed E-state index contributed by atoms with van der Waals surface area (Å²) in [6.45, 7) is 11.0. The molecule has 2 saturated carbocycles. The zero-order chi connectivity index (χ0) is 19.3. The van der Waals surface area contributed by atoms with Gasteiger partial charge in [-0.05, 0) is 54.8 Å². The molecule has 0 aromatic heterocycles. The highest BCUT2D eigenvalue weighted by molar-refractivity contribution is 6.19. The molecule has 26 heavy (non-hydrogen) atoms. The molecule has 0 aromatic carbocycles. The minimum absolute atomic E-state index is 0.0496. The van der Waals surface area contributed by atoms with Crippen molar-refractivity contribution >= 4 is 11.8 Å². The fraction of sp³-hybridized carbons (Fsp3) is 0.714. The molecule has 0 saturated heterocycles. The van der Waals surface area contributed by atoms with Gasteiger partial charge in [0.15, 0.2) is 11.5 Å². The Kier molecular flexibility index (Phi) is 4.80. The van der Waals surface area contributed by atoms with Crippen LogP contribution in [0.1, 0.15) is 59.3 Å². The highest BCUT2D eigenvalue weighted by Gasteiger charge is 2.55. The molecular formula is C21H30O5. The summed E-state index contributed by atoms with van der Waals surface area (Å²) in [5.41, 5.74) is 0.989. The number of methoxy groups -OCH3 is 1. The van der Waals surface area contributed by atoms with Crippen molar-refractivity contribution in [1.82, 2.24) is 0 Å². The van der Waals surface area contributed by atoms with E-state index in [1.54, 1.807) is 0 Å². The lowest BCUT2D eigenvalue weighted by atomic mass is 9.46. The summed E-state index contributed by atoms with van der Waals surface area (Å²) in [6, 6.07) is 0. The minimum atomic E-state index is -1.48. The molecule has 0 amide bonds. The molecular weight excluding hydrogens is 332 g/mol. The maximum Gasteiger partial charge on any atom is 0.348 e. The summed E-state index contributed by atoms with van der Waals surface area (Å²) in [5, 5.41) is 9.77. The first-order valence-electron chi connectivity index (χ1n) is 9.53. The minimum Gasteiger partial charge on any atom is -0.494 e. The van der Waals surface area contributed by atoms with Gasteiger partial charge >= 0.3 is 5.97 Å². The summed E-state index contributed by atoms with van der Waals surface area (Å²) in [4.78, 5) is 25.1. The molecule has 1 aliphatic heterocycles. The summed E-state index contributed by atoms with van der Waals surface area (Å²) in [5.74, 6) is -0.425. The Morgan fingerprint density at radius 2 is 2.08 bits per heavy atom. The number of esters is 1. The van der Waals surface area contributed by atoms with Gasteiger partial charge in [-0.1, -0.05) is 32.9 Å². The summed E-state index contributed by atoms with van der Waals surface area (Å²) < 4.78 is 9.84. The van der Waals surface area contributed by atoms with Crippen molar-refractivity contribution in [2.45, 2.75) is 65.6 Å². The van der Waals surface area contributed by atoms with Gasteiger partial charge in [0.1, 0.15) is 5.57 Å². The van der Waals surface area contributed by atoms with Crippen LogP contribution >= 0.6 is 0 Å². The van der Waals surface area contributed by atoms with Crippen molar-refractivity contribution in [2.24, 2.45) is 22.7 Å². The van der Waals surface area contributed by atoms with E-state index < -0.39 is 12.3 Å². The fourth-order valence-corrected chi connectivity index (χ4v) is 5.59. The first-order valence-corrected chi connectivity index (χ1v) is 9.53. The van der Waals surface area contributed by atoms with Crippen molar-refractivity contribution in [3.63, 3.8) is 0 Å². The number of aliphatic hydroxyl groups excluding tert-OH is 1. The molecule has 2 fully saturated rings. The number of allylic oxidation sites excluding steroid dienone is 1. The third kappa shape index (κ3) is 2.72. The Hall–Kier alpha value is -1.62. The summed E-state index contributed by atoms with van der Waals surface area (Å²) in [6.07, 6.45) is 4.15. The highest BCUT2D eigenvalue weighted by atomic mass is 16.7. The first kappa shape index (κ1) is 19.2. The average molecular weight is 362 g/mol. The molecule has 0 spiro atoms. The molecule has 0 radical (unpaired) electrons. The SMILES string of the molecule is C=C1CCC[C@H]2[C@](C)(CC(=O)C3=C(OC)C(O)OC3=O)[C@@H](C)CC[C@]12C. The van der Waals surface area contributed by atoms with E-state index in [0.717, 1.165) is 32.1 Å². The van der Waals surface area contributed by atoms with Gasteiger partial charge in [-0.25, -0.2) is 4.79 Å². The van der Waals surface area contributed by atoms with Crippen molar-refractivity contribution < 1.29 is 24.2 Å². The molecule has 0 aromatic rings. The normalized spacial score (nSPS) is 40.3. The highest BCUT2D eigenvalue weighted by Crippen LogP contribution is 2.62. The topological polar surface area (TPSA) is 72.8 Å². The number of rotatable bonds is 4. The molecule has 5 heteroatoms. The second kappa shape index (κ2) is 6.52. The van der Waals surface area contributed by atoms with Gasteiger partial charge in [0.05, 0.1) is 7.11 Å². The van der Waals surface area contributed by atoms with Crippen LogP contribution in [-0.2, 0) is 19.1 Å². The predicted octanol–water partition coefficient (Wildman–Crippen LogP) is 3.52. The Morgan fingerprint density at radius 3 is 2.73 bits per heavy atom. The van der Waals surface area contributed by atoms with Gasteiger partial charge in [-0.2, -0.15) is 0 Å². The Balaban J connectivity index is 1.94. The summed E-state index contributed by atoms with van der Waals surface area (Å²) in [7, 11) is 1.33. The van der Waals surface area contributed by atoms with Crippen molar-refractivity contribution in [1.29, 1.82) is 0 Å². The van der Waals surface area contributed by atoms with E-state index in [1.807, 2.05) is 0 Å². The standard InChI is InChI=1S/C21H30O5/c1-12-7-6-8-15-20(12,3)10-9-13(2)21(15,4)11-14(22)16-17(25-5)19(24)26-18(16)23/h13,15,19,24H,1,6-11H2,2-5H3/t13-,15+,19?,20+,21+/m0/s1. The monoisotopic (exact) mass is 362 g/mol. The van der Waals surface area contributed by atoms with Gasteiger partial charge in [-0.15, -0.1) is 0 Å². The van der Waals surface area contributed by atoms with Crippen molar-refractivity contribution in [2.75, 3.05) is 7.11 Å². The van der Waals surface area contributed by atoms with Crippen LogP contribution in [0.5, 0.6) is 0 Å². The lowest BCUT2D eigenvalue weighted by molar-refractivity contribution is -0.154. The number of ketones is 1. The lowest BCUT2D eigenvalue weighted by Gasteiger charge is -2.58. The molecule has 1 heterocycles. The van der Waals surface area contributed by atoms with E-state index in [1.165, 1.54) is 12.7 Å². The number of fused-ring (bicyclic) bond motifs is 1. The molecule has 3 rings (SSSR count). The van der Waals surface area contributed by atoms with Gasteiger partial charge < -0.3 is 14.6 Å². The molecule has 1 N–H and O–H groups in total. The number of aliphatic hydroxyl groups is 1. The largest absolute Gasteiger partial charge is 0.494 e. The van der Waals surface area contributed by atoms with Gasteiger partial charge in [-0.3, -0.25) is 4.79 Å². The Labute approximate surface area is 155 Å². The summed E-state index contributed by atoms with van der Waals surface area (Å²) >= 11 is 0. The van der Waals surface area contributed by atoms with Crippen LogP contribution in [0, 0.1) is 22.7 Å². The van der Waals surface area contributed by atoms with Crippen molar-refractivity contribution in [3.05, 3.63) is 23.5 Å². The Bertz CT molecular complexity index is 678. The number of hydrogen-bond donors (Lipinski definition) is 1. The second-order valence-electron chi connectivity index (χ2n) is 8.71. The third-order valence-electron chi connectivity index (χ3n) is 7.50. The third-order valence-corrected chi connectivity index (χ3v) is 7.50. The Morgan fingerprint density at radius 1 is 1.38 bits per heavy atom. The van der Waals surface area contributed by atoms with E-state index in [2.05, 4.69) is 27.4 Å². The van der Waals surface area contributed by atoms with Crippen LogP contribution in [0.4, 0.5) is 0 Å². The van der Waals surface area contributed by atoms with Crippen LogP contribution in [0.25, 0.3) is 0 Å². The van der Waals surface area contributed by atoms with E-state index in [4.69, 9.17) is 9.47 Å².